The Bertz CT molecular complexity index is 622. The molecule has 1 N–H and O–H groups in total. The van der Waals surface area contributed by atoms with E-state index in [0.29, 0.717) is 14.9 Å². The van der Waals surface area contributed by atoms with Gasteiger partial charge in [0, 0.05) is 12.4 Å². The quantitative estimate of drug-likeness (QED) is 0.871. The zero-order valence-corrected chi connectivity index (χ0v) is 11.8. The van der Waals surface area contributed by atoms with E-state index < -0.39 is 0 Å². The summed E-state index contributed by atoms with van der Waals surface area (Å²) in [6.45, 7) is 3.72. The number of hydrogen-bond donors (Lipinski definition) is 1. The molecule has 1 amide bonds. The molecule has 2 heterocycles. The number of halogens is 2. The van der Waals surface area contributed by atoms with E-state index >= 15 is 0 Å². The highest BCUT2D eigenvalue weighted by Gasteiger charge is 2.20. The molecule has 0 atom stereocenters. The number of pyridine rings is 1. The first-order valence-corrected chi connectivity index (χ1v) is 6.51. The molecule has 0 unspecified atom stereocenters. The maximum absolute atomic E-state index is 11.6. The number of hydrogen-bond acceptors (Lipinski definition) is 3. The van der Waals surface area contributed by atoms with Crippen LogP contribution in [0.5, 0.6) is 0 Å². The number of rotatable bonds is 1. The molecule has 3 nitrogen and oxygen atoms in total. The standard InChI is InChI=1S/C11H10Cl2N2OS/c1-4-6-8(13)9(10(16)14-3)17-11(6)15-5(2)7(4)12/h1-3H3,(H,14,16). The molecule has 2 rings (SSSR count). The van der Waals surface area contributed by atoms with E-state index in [-0.39, 0.29) is 5.91 Å². The van der Waals surface area contributed by atoms with E-state index in [1.54, 1.807) is 7.05 Å². The van der Waals surface area contributed by atoms with Crippen molar-refractivity contribution in [3.05, 3.63) is 26.2 Å². The zero-order valence-electron chi connectivity index (χ0n) is 9.52. The van der Waals surface area contributed by atoms with Crippen molar-refractivity contribution >= 4 is 50.7 Å². The SMILES string of the molecule is CNC(=O)c1sc2nc(C)c(Cl)c(C)c2c1Cl. The molecule has 2 aromatic rings. The monoisotopic (exact) mass is 288 g/mol. The van der Waals surface area contributed by atoms with E-state index in [2.05, 4.69) is 10.3 Å². The van der Waals surface area contributed by atoms with Crippen LogP contribution in [0.2, 0.25) is 10.0 Å². The van der Waals surface area contributed by atoms with Crippen molar-refractivity contribution in [3.8, 4) is 0 Å². The lowest BCUT2D eigenvalue weighted by molar-refractivity contribution is 0.0967. The number of aryl methyl sites for hydroxylation is 2. The molecule has 90 valence electrons. The molecule has 0 saturated heterocycles. The van der Waals surface area contributed by atoms with Gasteiger partial charge in [-0.25, -0.2) is 4.98 Å². The summed E-state index contributed by atoms with van der Waals surface area (Å²) in [6.07, 6.45) is 0. The molecule has 0 fully saturated rings. The van der Waals surface area contributed by atoms with Gasteiger partial charge in [0.1, 0.15) is 9.71 Å². The third-order valence-electron chi connectivity index (χ3n) is 2.56. The average molecular weight is 289 g/mol. The molecule has 0 aliphatic carbocycles. The van der Waals surface area contributed by atoms with Crippen LogP contribution in [-0.2, 0) is 0 Å². The summed E-state index contributed by atoms with van der Waals surface area (Å²) in [5.74, 6) is -0.203. The van der Waals surface area contributed by atoms with E-state index in [4.69, 9.17) is 23.2 Å². The summed E-state index contributed by atoms with van der Waals surface area (Å²) < 4.78 is 0. The molecule has 0 saturated carbocycles. The molecule has 0 radical (unpaired) electrons. The number of nitrogens with one attached hydrogen (secondary N) is 1. The second-order valence-corrected chi connectivity index (χ2v) is 5.40. The lowest BCUT2D eigenvalue weighted by Gasteiger charge is -2.03. The molecule has 17 heavy (non-hydrogen) atoms. The van der Waals surface area contributed by atoms with E-state index in [1.807, 2.05) is 13.8 Å². The molecule has 0 spiro atoms. The second kappa shape index (κ2) is 4.44. The van der Waals surface area contributed by atoms with Crippen LogP contribution in [0, 0.1) is 13.8 Å². The number of aromatic nitrogens is 1. The topological polar surface area (TPSA) is 42.0 Å². The van der Waals surface area contributed by atoms with Crippen LogP contribution in [0.4, 0.5) is 0 Å². The molecular weight excluding hydrogens is 279 g/mol. The lowest BCUT2D eigenvalue weighted by atomic mass is 10.1. The summed E-state index contributed by atoms with van der Waals surface area (Å²) in [5.41, 5.74) is 1.61. The van der Waals surface area contributed by atoms with Crippen molar-refractivity contribution in [2.45, 2.75) is 13.8 Å². The number of nitrogens with zero attached hydrogens (tertiary/aromatic N) is 1. The van der Waals surface area contributed by atoms with Crippen LogP contribution >= 0.6 is 34.5 Å². The maximum atomic E-state index is 11.6. The summed E-state index contributed by atoms with van der Waals surface area (Å²) in [7, 11) is 1.57. The van der Waals surface area contributed by atoms with Crippen molar-refractivity contribution in [1.82, 2.24) is 10.3 Å². The van der Waals surface area contributed by atoms with E-state index in [9.17, 15) is 4.79 Å². The minimum absolute atomic E-state index is 0.203. The van der Waals surface area contributed by atoms with Gasteiger partial charge >= 0.3 is 0 Å². The molecule has 0 bridgehead atoms. The first kappa shape index (κ1) is 12.6. The van der Waals surface area contributed by atoms with Crippen molar-refractivity contribution in [3.63, 3.8) is 0 Å². The summed E-state index contributed by atoms with van der Waals surface area (Å²) in [6, 6.07) is 0. The van der Waals surface area contributed by atoms with Gasteiger partial charge in [-0.3, -0.25) is 4.79 Å². The van der Waals surface area contributed by atoms with Gasteiger partial charge in [-0.15, -0.1) is 11.3 Å². The fraction of sp³-hybridized carbons (Fsp3) is 0.273. The van der Waals surface area contributed by atoms with Crippen molar-refractivity contribution in [2.24, 2.45) is 0 Å². The predicted octanol–water partition coefficient (Wildman–Crippen LogP) is 3.58. The summed E-state index contributed by atoms with van der Waals surface area (Å²) in [5, 5.41) is 4.35. The van der Waals surface area contributed by atoms with Gasteiger partial charge in [0.15, 0.2) is 0 Å². The third kappa shape index (κ3) is 1.90. The van der Waals surface area contributed by atoms with E-state index in [1.165, 1.54) is 11.3 Å². The smallest absolute Gasteiger partial charge is 0.262 e. The Kier molecular flexibility index (Phi) is 3.30. The first-order chi connectivity index (χ1) is 7.97. The number of thiophene rings is 1. The van der Waals surface area contributed by atoms with Gasteiger partial charge in [0.2, 0.25) is 0 Å². The van der Waals surface area contributed by atoms with Gasteiger partial charge in [0.25, 0.3) is 5.91 Å². The van der Waals surface area contributed by atoms with Crippen LogP contribution in [0.3, 0.4) is 0 Å². The number of carbonyl (C=O) groups excluding carboxylic acids is 1. The van der Waals surface area contributed by atoms with Gasteiger partial charge in [-0.1, -0.05) is 23.2 Å². The van der Waals surface area contributed by atoms with Crippen LogP contribution in [0.15, 0.2) is 0 Å². The summed E-state index contributed by atoms with van der Waals surface area (Å²) >= 11 is 13.6. The zero-order chi connectivity index (χ0) is 12.7. The first-order valence-electron chi connectivity index (χ1n) is 4.94. The normalized spacial score (nSPS) is 10.9. The average Bonchev–Trinajstić information content (AvgIpc) is 2.62. The Morgan fingerprint density at radius 1 is 1.29 bits per heavy atom. The second-order valence-electron chi connectivity index (χ2n) is 3.64. The number of fused-ring (bicyclic) bond motifs is 1. The highest BCUT2D eigenvalue weighted by Crippen LogP contribution is 2.39. The Morgan fingerprint density at radius 2 is 1.94 bits per heavy atom. The Hall–Kier alpha value is -0.840. The molecule has 0 aliphatic rings. The molecular formula is C11H10Cl2N2OS. The molecule has 0 aliphatic heterocycles. The van der Waals surface area contributed by atoms with E-state index in [0.717, 1.165) is 21.5 Å². The molecule has 0 aromatic carbocycles. The van der Waals surface area contributed by atoms with Gasteiger partial charge in [0.05, 0.1) is 15.7 Å². The van der Waals surface area contributed by atoms with Crippen LogP contribution in [0.25, 0.3) is 10.2 Å². The molecule has 6 heteroatoms. The largest absolute Gasteiger partial charge is 0.354 e. The van der Waals surface area contributed by atoms with Crippen molar-refractivity contribution in [1.29, 1.82) is 0 Å². The number of carbonyl (C=O) groups is 1. The lowest BCUT2D eigenvalue weighted by Crippen LogP contribution is -2.16. The van der Waals surface area contributed by atoms with Crippen molar-refractivity contribution in [2.75, 3.05) is 7.05 Å². The minimum atomic E-state index is -0.203. The van der Waals surface area contributed by atoms with Gasteiger partial charge in [-0.05, 0) is 19.4 Å². The Labute approximate surface area is 113 Å². The van der Waals surface area contributed by atoms with Crippen LogP contribution in [0.1, 0.15) is 20.9 Å². The third-order valence-corrected chi connectivity index (χ3v) is 4.69. The Morgan fingerprint density at radius 3 is 2.53 bits per heavy atom. The van der Waals surface area contributed by atoms with Crippen LogP contribution < -0.4 is 5.32 Å². The highest BCUT2D eigenvalue weighted by atomic mass is 35.5. The molecule has 2 aromatic heterocycles. The fourth-order valence-corrected chi connectivity index (χ4v) is 3.39. The highest BCUT2D eigenvalue weighted by molar-refractivity contribution is 7.21. The van der Waals surface area contributed by atoms with Gasteiger partial charge in [-0.2, -0.15) is 0 Å². The summed E-state index contributed by atoms with van der Waals surface area (Å²) in [4.78, 5) is 17.2. The van der Waals surface area contributed by atoms with Crippen molar-refractivity contribution < 1.29 is 4.79 Å². The predicted molar refractivity (Wildman–Crippen MR) is 72.5 cm³/mol. The van der Waals surface area contributed by atoms with Gasteiger partial charge < -0.3 is 5.32 Å². The minimum Gasteiger partial charge on any atom is -0.354 e. The fourth-order valence-electron chi connectivity index (χ4n) is 1.65. The number of amides is 1. The Balaban J connectivity index is 2.83. The van der Waals surface area contributed by atoms with Crippen LogP contribution in [-0.4, -0.2) is 17.9 Å². The maximum Gasteiger partial charge on any atom is 0.262 e.